The van der Waals surface area contributed by atoms with Gasteiger partial charge in [0.15, 0.2) is 0 Å². The second-order valence-electron chi connectivity index (χ2n) is 8.86. The van der Waals surface area contributed by atoms with Crippen molar-refractivity contribution in [3.8, 4) is 0 Å². The molecule has 0 nitrogen and oxygen atoms in total. The topological polar surface area (TPSA) is 0 Å². The molecule has 0 spiro atoms. The van der Waals surface area contributed by atoms with E-state index in [9.17, 15) is 0 Å². The van der Waals surface area contributed by atoms with Gasteiger partial charge in [0, 0.05) is 0 Å². The summed E-state index contributed by atoms with van der Waals surface area (Å²) < 4.78 is 0. The van der Waals surface area contributed by atoms with Crippen molar-refractivity contribution in [1.82, 2.24) is 0 Å². The predicted octanol–water partition coefficient (Wildman–Crippen LogP) is 8.25. The minimum Gasteiger partial charge on any atom is -0.0654 e. The Balaban J connectivity index is 5.04. The van der Waals surface area contributed by atoms with Crippen molar-refractivity contribution in [1.29, 1.82) is 0 Å². The lowest BCUT2D eigenvalue weighted by Crippen LogP contribution is -2.39. The molecule has 0 heterocycles. The van der Waals surface area contributed by atoms with Gasteiger partial charge >= 0.3 is 0 Å². The molecule has 0 aliphatic carbocycles. The van der Waals surface area contributed by atoms with Crippen molar-refractivity contribution in [2.45, 2.75) is 120 Å². The van der Waals surface area contributed by atoms with Gasteiger partial charge in [-0.05, 0) is 41.9 Å². The first-order chi connectivity index (χ1) is 10.3. The van der Waals surface area contributed by atoms with Crippen molar-refractivity contribution < 1.29 is 0 Å². The van der Waals surface area contributed by atoms with Gasteiger partial charge in [0.1, 0.15) is 0 Å². The van der Waals surface area contributed by atoms with Crippen LogP contribution in [-0.4, -0.2) is 0 Å². The van der Waals surface area contributed by atoms with Gasteiger partial charge in [-0.15, -0.1) is 0 Å². The van der Waals surface area contributed by atoms with E-state index in [-0.39, 0.29) is 0 Å². The molecule has 0 fully saturated rings. The molecule has 0 aromatic carbocycles. The van der Waals surface area contributed by atoms with Gasteiger partial charge in [-0.1, -0.05) is 100 Å². The fourth-order valence-electron chi connectivity index (χ4n) is 4.05. The van der Waals surface area contributed by atoms with Crippen LogP contribution in [0.2, 0.25) is 0 Å². The van der Waals surface area contributed by atoms with E-state index >= 15 is 0 Å². The number of unbranched alkanes of at least 4 members (excludes halogenated alkanes) is 4. The molecule has 0 radical (unpaired) electrons. The van der Waals surface area contributed by atoms with Gasteiger partial charge in [0.05, 0.1) is 0 Å². The van der Waals surface area contributed by atoms with E-state index in [2.05, 4.69) is 55.4 Å². The summed E-state index contributed by atoms with van der Waals surface area (Å²) in [7, 11) is 0. The van der Waals surface area contributed by atoms with Gasteiger partial charge in [0.2, 0.25) is 0 Å². The van der Waals surface area contributed by atoms with Gasteiger partial charge in [-0.2, -0.15) is 0 Å². The smallest absolute Gasteiger partial charge is 0.0244 e. The molecule has 134 valence electrons. The van der Waals surface area contributed by atoms with Crippen molar-refractivity contribution in [3.05, 3.63) is 0 Å². The van der Waals surface area contributed by atoms with Crippen LogP contribution in [-0.2, 0) is 0 Å². The Hall–Kier alpha value is 0. The number of rotatable bonds is 13. The predicted molar refractivity (Wildman–Crippen MR) is 103 cm³/mol. The lowest BCUT2D eigenvalue weighted by atomic mass is 9.56. The maximum absolute atomic E-state index is 2.54. The highest BCUT2D eigenvalue weighted by Crippen LogP contribution is 2.53. The zero-order valence-electron chi connectivity index (χ0n) is 17.2. The molecule has 0 amide bonds. The highest BCUT2D eigenvalue weighted by molar-refractivity contribution is 4.93. The van der Waals surface area contributed by atoms with Crippen molar-refractivity contribution in [2.75, 3.05) is 0 Å². The van der Waals surface area contributed by atoms with E-state index in [1.165, 1.54) is 64.2 Å². The molecule has 2 atom stereocenters. The van der Waals surface area contributed by atoms with Crippen LogP contribution < -0.4 is 0 Å². The average Bonchev–Trinajstić information content (AvgIpc) is 2.46. The zero-order chi connectivity index (χ0) is 17.2. The molecular weight excluding hydrogens is 264 g/mol. The molecule has 0 saturated heterocycles. The maximum atomic E-state index is 2.54. The summed E-state index contributed by atoms with van der Waals surface area (Å²) in [6.45, 7) is 19.5. The number of hydrogen-bond acceptors (Lipinski definition) is 0. The molecule has 0 aliphatic heterocycles. The Morgan fingerprint density at radius 2 is 1.32 bits per heavy atom. The van der Waals surface area contributed by atoms with Crippen LogP contribution in [0.15, 0.2) is 0 Å². The van der Waals surface area contributed by atoms with Crippen LogP contribution in [0, 0.1) is 22.7 Å². The van der Waals surface area contributed by atoms with Gasteiger partial charge in [0.25, 0.3) is 0 Å². The number of hydrogen-bond donors (Lipinski definition) is 0. The van der Waals surface area contributed by atoms with Gasteiger partial charge in [-0.25, -0.2) is 0 Å². The Morgan fingerprint density at radius 1 is 0.727 bits per heavy atom. The third kappa shape index (κ3) is 6.63. The maximum Gasteiger partial charge on any atom is -0.0244 e. The molecule has 0 aromatic heterocycles. The first-order valence-corrected chi connectivity index (χ1v) is 10.3. The van der Waals surface area contributed by atoms with Crippen molar-refractivity contribution >= 4 is 0 Å². The molecule has 22 heavy (non-hydrogen) atoms. The monoisotopic (exact) mass is 310 g/mol. The fourth-order valence-corrected chi connectivity index (χ4v) is 4.05. The van der Waals surface area contributed by atoms with Crippen molar-refractivity contribution in [2.24, 2.45) is 22.7 Å². The Bertz CT molecular complexity index is 263. The lowest BCUT2D eigenvalue weighted by Gasteiger charge is -2.49. The SMILES string of the molecule is CCCCCCCC(CCC)(CC(C)C(C)C)C(C)(C)CC. The van der Waals surface area contributed by atoms with E-state index in [1.807, 2.05) is 0 Å². The second kappa shape index (κ2) is 10.7. The minimum absolute atomic E-state index is 0.469. The van der Waals surface area contributed by atoms with Gasteiger partial charge < -0.3 is 0 Å². The molecule has 0 heteroatoms. The second-order valence-corrected chi connectivity index (χ2v) is 8.86. The highest BCUT2D eigenvalue weighted by atomic mass is 14.5. The Morgan fingerprint density at radius 3 is 1.77 bits per heavy atom. The van der Waals surface area contributed by atoms with E-state index in [0.29, 0.717) is 10.8 Å². The molecular formula is C22H46. The third-order valence-corrected chi connectivity index (χ3v) is 6.66. The molecule has 0 saturated carbocycles. The molecule has 0 aromatic rings. The molecule has 0 rings (SSSR count). The minimum atomic E-state index is 0.469. The molecule has 2 unspecified atom stereocenters. The summed E-state index contributed by atoms with van der Waals surface area (Å²) in [6.07, 6.45) is 14.0. The summed E-state index contributed by atoms with van der Waals surface area (Å²) in [4.78, 5) is 0. The van der Waals surface area contributed by atoms with E-state index in [4.69, 9.17) is 0 Å². The Labute approximate surface area is 142 Å². The summed E-state index contributed by atoms with van der Waals surface area (Å²) in [5.41, 5.74) is 1.02. The van der Waals surface area contributed by atoms with Crippen LogP contribution >= 0.6 is 0 Å². The normalized spacial score (nSPS) is 16.8. The Kier molecular flexibility index (Phi) is 10.7. The largest absolute Gasteiger partial charge is 0.0654 e. The molecule has 0 bridgehead atoms. The first kappa shape index (κ1) is 22.0. The quantitative estimate of drug-likeness (QED) is 0.300. The lowest BCUT2D eigenvalue weighted by molar-refractivity contribution is 0.00792. The third-order valence-electron chi connectivity index (χ3n) is 6.66. The average molecular weight is 311 g/mol. The van der Waals surface area contributed by atoms with Crippen molar-refractivity contribution in [3.63, 3.8) is 0 Å². The van der Waals surface area contributed by atoms with Crippen LogP contribution in [0.1, 0.15) is 120 Å². The van der Waals surface area contributed by atoms with E-state index in [0.717, 1.165) is 11.8 Å². The first-order valence-electron chi connectivity index (χ1n) is 10.3. The van der Waals surface area contributed by atoms with Crippen LogP contribution in [0.4, 0.5) is 0 Å². The van der Waals surface area contributed by atoms with E-state index in [1.54, 1.807) is 0 Å². The summed E-state index contributed by atoms with van der Waals surface area (Å²) in [6, 6.07) is 0. The highest BCUT2D eigenvalue weighted by Gasteiger charge is 2.43. The van der Waals surface area contributed by atoms with E-state index < -0.39 is 0 Å². The molecule has 0 N–H and O–H groups in total. The summed E-state index contributed by atoms with van der Waals surface area (Å²) in [5.74, 6) is 1.65. The van der Waals surface area contributed by atoms with Gasteiger partial charge in [-0.3, -0.25) is 0 Å². The van der Waals surface area contributed by atoms with Crippen LogP contribution in [0.3, 0.4) is 0 Å². The van der Waals surface area contributed by atoms with Crippen LogP contribution in [0.5, 0.6) is 0 Å². The fraction of sp³-hybridized carbons (Fsp3) is 1.00. The molecule has 0 aliphatic rings. The standard InChI is InChI=1S/C22H46/c1-9-12-13-14-15-17-22(16-10-2,21(7,8)11-3)18-20(6)19(4)5/h19-20H,9-18H2,1-8H3. The summed E-state index contributed by atoms with van der Waals surface area (Å²) in [5, 5.41) is 0. The summed E-state index contributed by atoms with van der Waals surface area (Å²) >= 11 is 0. The van der Waals surface area contributed by atoms with Crippen LogP contribution in [0.25, 0.3) is 0 Å². The zero-order valence-corrected chi connectivity index (χ0v) is 17.2.